The summed E-state index contributed by atoms with van der Waals surface area (Å²) >= 11 is 0. The average Bonchev–Trinajstić information content (AvgIpc) is 2.77. The van der Waals surface area contributed by atoms with E-state index < -0.39 is 11.6 Å². The molecular weight excluding hydrogens is 376 g/mol. The Hall–Kier alpha value is -1.69. The van der Waals surface area contributed by atoms with Gasteiger partial charge in [0.25, 0.3) is 0 Å². The van der Waals surface area contributed by atoms with Crippen molar-refractivity contribution in [2.45, 2.75) is 95.8 Å². The molecule has 0 amide bonds. The molecule has 2 fully saturated rings. The lowest BCUT2D eigenvalue weighted by Crippen LogP contribution is -2.15. The summed E-state index contributed by atoms with van der Waals surface area (Å²) in [5, 5.41) is 8.54. The van der Waals surface area contributed by atoms with Gasteiger partial charge < -0.3 is 0 Å². The molecule has 0 unspecified atom stereocenters. The molecule has 0 aromatic heterocycles. The summed E-state index contributed by atoms with van der Waals surface area (Å²) in [6.07, 6.45) is 21.6. The highest BCUT2D eigenvalue weighted by molar-refractivity contribution is 5.22. The van der Waals surface area contributed by atoms with E-state index in [1.54, 1.807) is 12.1 Å². The van der Waals surface area contributed by atoms with Gasteiger partial charge in [-0.15, -0.1) is 0 Å². The lowest BCUT2D eigenvalue weighted by molar-refractivity contribution is 0.244. The molecule has 2 aliphatic carbocycles. The molecular formula is C27H37F2N. The molecule has 0 spiro atoms. The number of allylic oxidation sites excluding steroid dienone is 2. The maximum atomic E-state index is 13.5. The van der Waals surface area contributed by atoms with Crippen LogP contribution in [0.15, 0.2) is 30.4 Å². The van der Waals surface area contributed by atoms with Crippen molar-refractivity contribution >= 4 is 0 Å². The number of nitriles is 1. The average molecular weight is 414 g/mol. The van der Waals surface area contributed by atoms with Crippen LogP contribution in [0.1, 0.15) is 101 Å². The van der Waals surface area contributed by atoms with Gasteiger partial charge in [-0.25, -0.2) is 8.78 Å². The van der Waals surface area contributed by atoms with Gasteiger partial charge in [-0.2, -0.15) is 5.26 Å². The minimum atomic E-state index is -0.742. The molecule has 164 valence electrons. The van der Waals surface area contributed by atoms with Crippen molar-refractivity contribution in [2.75, 3.05) is 0 Å². The topological polar surface area (TPSA) is 23.8 Å². The van der Waals surface area contributed by atoms with E-state index in [0.717, 1.165) is 42.6 Å². The minimum absolute atomic E-state index is 0.405. The maximum absolute atomic E-state index is 13.5. The number of unbranched alkanes of at least 4 members (excludes halogenated alkanes) is 1. The first kappa shape index (κ1) is 23.0. The fourth-order valence-electron chi connectivity index (χ4n) is 5.69. The predicted molar refractivity (Wildman–Crippen MR) is 119 cm³/mol. The molecule has 0 atom stereocenters. The smallest absolute Gasteiger partial charge is 0.159 e. The monoisotopic (exact) mass is 413 g/mol. The third-order valence-corrected chi connectivity index (χ3v) is 7.64. The first-order valence-corrected chi connectivity index (χ1v) is 12.1. The van der Waals surface area contributed by atoms with Gasteiger partial charge in [0.2, 0.25) is 0 Å². The number of rotatable bonds is 9. The third-order valence-electron chi connectivity index (χ3n) is 7.64. The largest absolute Gasteiger partial charge is 0.204 e. The third kappa shape index (κ3) is 7.22. The van der Waals surface area contributed by atoms with Crippen LogP contribution < -0.4 is 0 Å². The number of halogens is 2. The van der Waals surface area contributed by atoms with Crippen LogP contribution in [-0.2, 0) is 0 Å². The lowest BCUT2D eigenvalue weighted by atomic mass is 9.76. The molecule has 1 aromatic rings. The van der Waals surface area contributed by atoms with Crippen molar-refractivity contribution in [3.8, 4) is 6.07 Å². The van der Waals surface area contributed by atoms with Crippen molar-refractivity contribution in [3.63, 3.8) is 0 Å². The standard InChI is InChI=1S/C27H37F2N/c28-26-18-17-25(20-27(26)29)24-15-13-23(14-16-24)8-4-3-7-22-11-9-21(10-12-22)6-2-1-5-19-30/h1,5,17-18,20-24H,2-4,6-16H2. The molecule has 1 nitrogen and oxygen atoms in total. The van der Waals surface area contributed by atoms with Gasteiger partial charge in [0.05, 0.1) is 6.07 Å². The van der Waals surface area contributed by atoms with Crippen molar-refractivity contribution in [1.82, 2.24) is 0 Å². The quantitative estimate of drug-likeness (QED) is 0.294. The summed E-state index contributed by atoms with van der Waals surface area (Å²) in [6, 6.07) is 6.51. The summed E-state index contributed by atoms with van der Waals surface area (Å²) in [6.45, 7) is 0. The Morgan fingerprint density at radius 3 is 1.93 bits per heavy atom. The first-order chi connectivity index (χ1) is 14.7. The maximum Gasteiger partial charge on any atom is 0.159 e. The highest BCUT2D eigenvalue weighted by Gasteiger charge is 2.24. The lowest BCUT2D eigenvalue weighted by Gasteiger charge is -2.30. The van der Waals surface area contributed by atoms with Crippen molar-refractivity contribution in [3.05, 3.63) is 47.5 Å². The Morgan fingerprint density at radius 2 is 1.37 bits per heavy atom. The van der Waals surface area contributed by atoms with Gasteiger partial charge in [-0.05, 0) is 79.9 Å². The molecule has 0 heterocycles. The van der Waals surface area contributed by atoms with Crippen LogP contribution >= 0.6 is 0 Å². The molecule has 30 heavy (non-hydrogen) atoms. The fourth-order valence-corrected chi connectivity index (χ4v) is 5.69. The molecule has 0 aliphatic heterocycles. The molecule has 2 aliphatic rings. The van der Waals surface area contributed by atoms with E-state index in [4.69, 9.17) is 5.26 Å². The SMILES string of the molecule is N#CC=CCCC1CCC(CCCCC2CCC(c3ccc(F)c(F)c3)CC2)CC1. The molecule has 0 radical (unpaired) electrons. The number of nitrogens with zero attached hydrogens (tertiary/aromatic N) is 1. The summed E-state index contributed by atoms with van der Waals surface area (Å²) in [5.74, 6) is 1.58. The van der Waals surface area contributed by atoms with E-state index in [1.165, 1.54) is 82.8 Å². The van der Waals surface area contributed by atoms with Gasteiger partial charge >= 0.3 is 0 Å². The Labute approximate surface area is 181 Å². The van der Waals surface area contributed by atoms with Crippen LogP contribution in [0.5, 0.6) is 0 Å². The molecule has 2 saturated carbocycles. The summed E-state index contributed by atoms with van der Waals surface area (Å²) < 4.78 is 26.6. The van der Waals surface area contributed by atoms with Crippen LogP contribution in [0.2, 0.25) is 0 Å². The summed E-state index contributed by atoms with van der Waals surface area (Å²) in [4.78, 5) is 0. The highest BCUT2D eigenvalue weighted by atomic mass is 19.2. The van der Waals surface area contributed by atoms with E-state index in [9.17, 15) is 8.78 Å². The van der Waals surface area contributed by atoms with E-state index in [0.29, 0.717) is 5.92 Å². The van der Waals surface area contributed by atoms with Gasteiger partial charge in [0.1, 0.15) is 0 Å². The second-order valence-corrected chi connectivity index (χ2v) is 9.67. The zero-order valence-corrected chi connectivity index (χ0v) is 18.3. The van der Waals surface area contributed by atoms with Crippen molar-refractivity contribution in [1.29, 1.82) is 5.26 Å². The number of hydrogen-bond donors (Lipinski definition) is 0. The van der Waals surface area contributed by atoms with Crippen molar-refractivity contribution in [2.24, 2.45) is 17.8 Å². The zero-order valence-electron chi connectivity index (χ0n) is 18.3. The highest BCUT2D eigenvalue weighted by Crippen LogP contribution is 2.39. The van der Waals surface area contributed by atoms with Crippen LogP contribution in [0, 0.1) is 40.7 Å². The zero-order chi connectivity index (χ0) is 21.2. The van der Waals surface area contributed by atoms with E-state index in [2.05, 4.69) is 6.07 Å². The van der Waals surface area contributed by atoms with Crippen LogP contribution in [0.25, 0.3) is 0 Å². The summed E-state index contributed by atoms with van der Waals surface area (Å²) in [7, 11) is 0. The van der Waals surface area contributed by atoms with Gasteiger partial charge in [-0.3, -0.25) is 0 Å². The van der Waals surface area contributed by atoms with E-state index in [1.807, 2.05) is 6.08 Å². The Balaban J connectivity index is 1.24. The van der Waals surface area contributed by atoms with Gasteiger partial charge in [0, 0.05) is 6.08 Å². The predicted octanol–water partition coefficient (Wildman–Crippen LogP) is 8.47. The molecule has 0 bridgehead atoms. The van der Waals surface area contributed by atoms with E-state index >= 15 is 0 Å². The van der Waals surface area contributed by atoms with Gasteiger partial charge in [-0.1, -0.05) is 63.5 Å². The second kappa shape index (κ2) is 12.2. The fraction of sp³-hybridized carbons (Fsp3) is 0.667. The molecule has 1 aromatic carbocycles. The number of hydrogen-bond acceptors (Lipinski definition) is 1. The normalized spacial score (nSPS) is 27.2. The molecule has 0 saturated heterocycles. The van der Waals surface area contributed by atoms with Crippen LogP contribution in [-0.4, -0.2) is 0 Å². The Bertz CT molecular complexity index is 704. The van der Waals surface area contributed by atoms with E-state index in [-0.39, 0.29) is 0 Å². The van der Waals surface area contributed by atoms with Crippen LogP contribution in [0.4, 0.5) is 8.78 Å². The summed E-state index contributed by atoms with van der Waals surface area (Å²) in [5.41, 5.74) is 0.976. The molecule has 3 rings (SSSR count). The Kier molecular flexibility index (Phi) is 9.37. The van der Waals surface area contributed by atoms with Crippen LogP contribution in [0.3, 0.4) is 0 Å². The number of benzene rings is 1. The van der Waals surface area contributed by atoms with Crippen molar-refractivity contribution < 1.29 is 8.78 Å². The molecule has 0 N–H and O–H groups in total. The first-order valence-electron chi connectivity index (χ1n) is 12.1. The second-order valence-electron chi connectivity index (χ2n) is 9.67. The minimum Gasteiger partial charge on any atom is -0.204 e. The Morgan fingerprint density at radius 1 is 0.800 bits per heavy atom. The molecule has 3 heteroatoms. The van der Waals surface area contributed by atoms with Gasteiger partial charge in [0.15, 0.2) is 11.6 Å².